The van der Waals surface area contributed by atoms with Crippen molar-refractivity contribution in [1.82, 2.24) is 0 Å². The predicted octanol–water partition coefficient (Wildman–Crippen LogP) is 21.9. The summed E-state index contributed by atoms with van der Waals surface area (Å²) in [6, 6.07) is 0. The fourth-order valence-electron chi connectivity index (χ4n) is 9.65. The molecule has 570 valence electrons. The van der Waals surface area contributed by atoms with Crippen LogP contribution >= 0.6 is 15.6 Å². The molecule has 0 saturated heterocycles. The van der Waals surface area contributed by atoms with Gasteiger partial charge in [-0.2, -0.15) is 0 Å². The maximum Gasteiger partial charge on any atom is 0.472 e. The molecule has 0 aromatic carbocycles. The molecule has 0 fully saturated rings. The summed E-state index contributed by atoms with van der Waals surface area (Å²) in [5.74, 6) is -2.38. The molecular formula is C81H134O17P2. The van der Waals surface area contributed by atoms with Gasteiger partial charge in [0, 0.05) is 19.3 Å². The van der Waals surface area contributed by atoms with Crippen LogP contribution in [0.2, 0.25) is 0 Å². The van der Waals surface area contributed by atoms with E-state index >= 15 is 0 Å². The third-order valence-electron chi connectivity index (χ3n) is 15.3. The average Bonchev–Trinajstić information content (AvgIpc) is 0.937. The van der Waals surface area contributed by atoms with Gasteiger partial charge in [-0.15, -0.1) is 0 Å². The van der Waals surface area contributed by atoms with Crippen molar-refractivity contribution in [3.05, 3.63) is 146 Å². The van der Waals surface area contributed by atoms with E-state index < -0.39 is 97.5 Å². The van der Waals surface area contributed by atoms with Gasteiger partial charge < -0.3 is 33.8 Å². The van der Waals surface area contributed by atoms with E-state index in [0.717, 1.165) is 148 Å². The number of phosphoric acid groups is 2. The van der Waals surface area contributed by atoms with E-state index in [-0.39, 0.29) is 25.7 Å². The van der Waals surface area contributed by atoms with Crippen LogP contribution < -0.4 is 0 Å². The molecule has 0 aliphatic carbocycles. The van der Waals surface area contributed by atoms with Gasteiger partial charge in [-0.25, -0.2) is 9.13 Å². The number of aliphatic hydroxyl groups excluding tert-OH is 1. The molecule has 100 heavy (non-hydrogen) atoms. The Kier molecular flexibility index (Phi) is 68.6. The number of esters is 4. The van der Waals surface area contributed by atoms with Gasteiger partial charge in [-0.3, -0.25) is 37.3 Å². The van der Waals surface area contributed by atoms with E-state index in [2.05, 4.69) is 149 Å². The summed E-state index contributed by atoms with van der Waals surface area (Å²) in [7, 11) is -10.00. The summed E-state index contributed by atoms with van der Waals surface area (Å²) < 4.78 is 68.3. The van der Waals surface area contributed by atoms with Gasteiger partial charge in [0.15, 0.2) is 12.2 Å². The van der Waals surface area contributed by atoms with Crippen molar-refractivity contribution >= 4 is 39.5 Å². The Balaban J connectivity index is 5.45. The molecule has 0 saturated carbocycles. The molecule has 5 atom stereocenters. The maximum atomic E-state index is 13.1. The van der Waals surface area contributed by atoms with Gasteiger partial charge in [-0.1, -0.05) is 283 Å². The third-order valence-corrected chi connectivity index (χ3v) is 17.2. The Labute approximate surface area is 605 Å². The average molecular weight is 1440 g/mol. The molecule has 0 aliphatic rings. The quantitative estimate of drug-likeness (QED) is 0.0169. The van der Waals surface area contributed by atoms with E-state index in [0.29, 0.717) is 32.1 Å². The summed E-state index contributed by atoms with van der Waals surface area (Å²) in [6.07, 6.45) is 81.6. The standard InChI is InChI=1S/C81H134O17P2/c1-5-9-13-17-21-25-29-33-36-37-40-43-46-50-54-58-62-66-79(84)92-72-77(98-81(86)68-64-60-56-52-48-44-39-35-31-27-23-19-15-11-7-3)74-96-100(89,90)94-70-75(82)69-93-99(87,88)95-73-76(97-80(85)67-63-59-55-51-47-41-32-28-24-20-16-12-8-4)71-91-78(83)65-61-57-53-49-45-42-38-34-30-26-22-18-14-10-6-2/h9-11,13-15,21-23,25-27,33-36,38-39,45,48-49,52,57,61,75-77,82H,5-8,12,16-20,24,28-32,37,40-44,46-47,50-51,53-56,58-60,62-74H2,1-4H3,(H,87,88)(H,89,90)/b13-9-,14-10-,15-11-,25-21-,26-22-,27-23-,36-33-,38-34-,39-35-,49-45-,52-48-,61-57-. The van der Waals surface area contributed by atoms with Crippen molar-refractivity contribution in [2.75, 3.05) is 39.6 Å². The lowest BCUT2D eigenvalue weighted by Crippen LogP contribution is -2.30. The highest BCUT2D eigenvalue weighted by Crippen LogP contribution is 2.45. The molecule has 0 amide bonds. The molecule has 0 rings (SSSR count). The summed E-state index contributed by atoms with van der Waals surface area (Å²) in [5, 5.41) is 10.6. The molecule has 19 heteroatoms. The number of allylic oxidation sites excluding steroid dienone is 23. The lowest BCUT2D eigenvalue weighted by Gasteiger charge is -2.21. The van der Waals surface area contributed by atoms with Crippen LogP contribution in [0.25, 0.3) is 0 Å². The van der Waals surface area contributed by atoms with Crippen molar-refractivity contribution in [1.29, 1.82) is 0 Å². The molecular weight excluding hydrogens is 1310 g/mol. The summed E-state index contributed by atoms with van der Waals surface area (Å²) >= 11 is 0. The molecule has 0 aromatic heterocycles. The Morgan fingerprint density at radius 1 is 0.300 bits per heavy atom. The zero-order chi connectivity index (χ0) is 73.2. The molecule has 0 aromatic rings. The van der Waals surface area contributed by atoms with E-state index in [1.165, 1.54) is 51.4 Å². The Morgan fingerprint density at radius 3 is 0.910 bits per heavy atom. The second-order valence-electron chi connectivity index (χ2n) is 24.8. The second kappa shape index (κ2) is 72.3. The molecule has 17 nitrogen and oxygen atoms in total. The smallest absolute Gasteiger partial charge is 0.462 e. The Bertz CT molecular complexity index is 2470. The van der Waals surface area contributed by atoms with E-state index in [1.54, 1.807) is 6.08 Å². The zero-order valence-corrected chi connectivity index (χ0v) is 63.9. The van der Waals surface area contributed by atoms with Crippen LogP contribution in [0.5, 0.6) is 0 Å². The molecule has 0 spiro atoms. The van der Waals surface area contributed by atoms with Crippen molar-refractivity contribution in [2.24, 2.45) is 0 Å². The first-order chi connectivity index (χ1) is 48.7. The summed E-state index contributed by atoms with van der Waals surface area (Å²) in [5.41, 5.74) is 0. The van der Waals surface area contributed by atoms with E-state index in [4.69, 9.17) is 37.0 Å². The first-order valence-electron chi connectivity index (χ1n) is 38.1. The topological polar surface area (TPSA) is 237 Å². The van der Waals surface area contributed by atoms with Gasteiger partial charge in [0.1, 0.15) is 19.3 Å². The number of rotatable bonds is 70. The molecule has 3 N–H and O–H groups in total. The van der Waals surface area contributed by atoms with Crippen LogP contribution in [-0.2, 0) is 65.4 Å². The van der Waals surface area contributed by atoms with Crippen LogP contribution in [-0.4, -0.2) is 96.7 Å². The molecule has 5 unspecified atom stereocenters. The number of ether oxygens (including phenoxy) is 4. The lowest BCUT2D eigenvalue weighted by atomic mass is 10.0. The van der Waals surface area contributed by atoms with Gasteiger partial charge in [0.05, 0.1) is 32.8 Å². The van der Waals surface area contributed by atoms with Crippen LogP contribution in [0, 0.1) is 0 Å². The van der Waals surface area contributed by atoms with E-state index in [9.17, 15) is 43.2 Å². The predicted molar refractivity (Wildman–Crippen MR) is 408 cm³/mol. The summed E-state index contributed by atoms with van der Waals surface area (Å²) in [6.45, 7) is 4.35. The summed E-state index contributed by atoms with van der Waals surface area (Å²) in [4.78, 5) is 72.8. The zero-order valence-electron chi connectivity index (χ0n) is 62.1. The first kappa shape index (κ1) is 94.9. The molecule has 0 heterocycles. The number of phosphoric ester groups is 2. The van der Waals surface area contributed by atoms with Crippen LogP contribution in [0.1, 0.15) is 285 Å². The largest absolute Gasteiger partial charge is 0.472 e. The van der Waals surface area contributed by atoms with Gasteiger partial charge >= 0.3 is 39.5 Å². The number of carbonyl (C=O) groups is 4. The number of unbranched alkanes of at least 4 members (excludes halogenated alkanes) is 21. The maximum absolute atomic E-state index is 13.1. The van der Waals surface area contributed by atoms with Crippen molar-refractivity contribution in [2.45, 2.75) is 303 Å². The number of hydrogen-bond donors (Lipinski definition) is 3. The molecule has 0 aliphatic heterocycles. The fraction of sp³-hybridized carbons (Fsp3) is 0.654. The molecule has 0 radical (unpaired) electrons. The van der Waals surface area contributed by atoms with E-state index in [1.807, 2.05) is 18.2 Å². The Hall–Kier alpha value is -5.06. The number of hydrogen-bond acceptors (Lipinski definition) is 15. The van der Waals surface area contributed by atoms with Crippen LogP contribution in [0.3, 0.4) is 0 Å². The van der Waals surface area contributed by atoms with Crippen LogP contribution in [0.15, 0.2) is 146 Å². The minimum absolute atomic E-state index is 0.0345. The SMILES string of the molecule is CC/C=C\C/C=C\C/C=C\C/C=C\C/C=C\CC(=O)OCC(COP(=O)(O)OCC(O)COP(=O)(O)OCC(COC(=O)CCCCCCCCC/C=C\C/C=C\C/C=C\CC)OC(=O)CCCC/C=C\C/C=C\C/C=C\C/C=C\CC)OC(=O)CCCCCCCCCCCCCCC. The van der Waals surface area contributed by atoms with Crippen molar-refractivity contribution in [3.63, 3.8) is 0 Å². The van der Waals surface area contributed by atoms with Gasteiger partial charge in [0.25, 0.3) is 0 Å². The van der Waals surface area contributed by atoms with Crippen molar-refractivity contribution < 1.29 is 80.2 Å². The van der Waals surface area contributed by atoms with Crippen LogP contribution in [0.4, 0.5) is 0 Å². The molecule has 0 bridgehead atoms. The highest BCUT2D eigenvalue weighted by atomic mass is 31.2. The number of carbonyl (C=O) groups excluding carboxylic acids is 4. The highest BCUT2D eigenvalue weighted by Gasteiger charge is 2.30. The minimum atomic E-state index is -5.00. The van der Waals surface area contributed by atoms with Gasteiger partial charge in [-0.05, 0) is 122 Å². The monoisotopic (exact) mass is 1440 g/mol. The second-order valence-corrected chi connectivity index (χ2v) is 27.7. The van der Waals surface area contributed by atoms with Crippen molar-refractivity contribution in [3.8, 4) is 0 Å². The van der Waals surface area contributed by atoms with Gasteiger partial charge in [0.2, 0.25) is 0 Å². The normalized spacial score (nSPS) is 14.8. The fourth-order valence-corrected chi connectivity index (χ4v) is 11.2. The highest BCUT2D eigenvalue weighted by molar-refractivity contribution is 7.47. The lowest BCUT2D eigenvalue weighted by molar-refractivity contribution is -0.161. The number of aliphatic hydroxyl groups is 1. The third kappa shape index (κ3) is 71.3. The first-order valence-corrected chi connectivity index (χ1v) is 41.1. The minimum Gasteiger partial charge on any atom is -0.462 e. The Morgan fingerprint density at radius 2 is 0.560 bits per heavy atom.